The van der Waals surface area contributed by atoms with Crippen LogP contribution in [-0.4, -0.2) is 74.1 Å². The summed E-state index contributed by atoms with van der Waals surface area (Å²) in [5, 5.41) is 0. The lowest BCUT2D eigenvalue weighted by atomic mass is 10.0. The summed E-state index contributed by atoms with van der Waals surface area (Å²) in [4.78, 5) is 47.1. The van der Waals surface area contributed by atoms with E-state index in [0.29, 0.717) is 19.4 Å². The molecule has 2 atom stereocenters. The Balaban J connectivity index is 4.38. The molecule has 0 rings (SSSR count). The fourth-order valence-electron chi connectivity index (χ4n) is 4.62. The van der Waals surface area contributed by atoms with Crippen molar-refractivity contribution >= 4 is 26.0 Å². The van der Waals surface area contributed by atoms with Gasteiger partial charge in [0.15, 0.2) is 6.10 Å². The second-order valence-electron chi connectivity index (χ2n) is 11.8. The zero-order chi connectivity index (χ0) is 32.7. The molecule has 10 nitrogen and oxygen atoms in total. The van der Waals surface area contributed by atoms with Gasteiger partial charge in [0.2, 0.25) is 0 Å². The van der Waals surface area contributed by atoms with Crippen LogP contribution in [-0.2, 0) is 37.5 Å². The molecule has 0 saturated carbocycles. The summed E-state index contributed by atoms with van der Waals surface area (Å²) in [5.41, 5.74) is 0. The average molecular weight is 650 g/mol. The van der Waals surface area contributed by atoms with Crippen molar-refractivity contribution in [2.24, 2.45) is 0 Å². The van der Waals surface area contributed by atoms with Gasteiger partial charge in [-0.15, -0.1) is 0 Å². The van der Waals surface area contributed by atoms with Crippen molar-refractivity contribution in [1.29, 1.82) is 0 Å². The van der Waals surface area contributed by atoms with Crippen LogP contribution in [0.25, 0.3) is 0 Å². The molecule has 0 aromatic heterocycles. The molecule has 1 N–H and O–H groups in total. The Morgan fingerprint density at radius 1 is 0.727 bits per heavy atom. The molecule has 0 saturated heterocycles. The number of unbranched alkanes of at least 4 members (excludes halogenated alkanes) is 17. The lowest BCUT2D eigenvalue weighted by Gasteiger charge is -2.20. The van der Waals surface area contributed by atoms with Gasteiger partial charge in [0.05, 0.1) is 13.2 Å². The summed E-state index contributed by atoms with van der Waals surface area (Å²) in [5.74, 6) is -0.882. The first-order chi connectivity index (χ1) is 21.2. The SMILES string of the molecule is CCCCCCCCCCCCCCCC(=O)OCC(COP(=O)(O)OCCN(C)CC)OC(=O)CCCCCCCC=O. The number of aldehydes is 1. The molecule has 0 aromatic carbocycles. The van der Waals surface area contributed by atoms with E-state index < -0.39 is 32.5 Å². The lowest BCUT2D eigenvalue weighted by molar-refractivity contribution is -0.161. The molecule has 0 bridgehead atoms. The van der Waals surface area contributed by atoms with Crippen LogP contribution in [0.2, 0.25) is 0 Å². The highest BCUT2D eigenvalue weighted by Gasteiger charge is 2.26. The van der Waals surface area contributed by atoms with Gasteiger partial charge >= 0.3 is 19.8 Å². The summed E-state index contributed by atoms with van der Waals surface area (Å²) < 4.78 is 33.2. The molecule has 44 heavy (non-hydrogen) atoms. The largest absolute Gasteiger partial charge is 0.472 e. The predicted molar refractivity (Wildman–Crippen MR) is 174 cm³/mol. The van der Waals surface area contributed by atoms with Gasteiger partial charge in [-0.2, -0.15) is 0 Å². The Morgan fingerprint density at radius 3 is 1.75 bits per heavy atom. The number of carbonyl (C=O) groups is 3. The quantitative estimate of drug-likeness (QED) is 0.0324. The first kappa shape index (κ1) is 42.7. The molecule has 0 aliphatic rings. The minimum atomic E-state index is -4.37. The maximum Gasteiger partial charge on any atom is 0.472 e. The summed E-state index contributed by atoms with van der Waals surface area (Å²) in [6, 6.07) is 0. The van der Waals surface area contributed by atoms with E-state index in [0.717, 1.165) is 57.8 Å². The van der Waals surface area contributed by atoms with E-state index in [4.69, 9.17) is 18.5 Å². The Kier molecular flexibility index (Phi) is 29.4. The maximum absolute atomic E-state index is 12.4. The van der Waals surface area contributed by atoms with Crippen LogP contribution in [0.3, 0.4) is 0 Å². The van der Waals surface area contributed by atoms with Crippen LogP contribution in [0.4, 0.5) is 0 Å². The van der Waals surface area contributed by atoms with E-state index in [1.54, 1.807) is 0 Å². The van der Waals surface area contributed by atoms with Gasteiger partial charge < -0.3 is 24.1 Å². The Hall–Kier alpha value is -1.32. The summed E-state index contributed by atoms with van der Waals surface area (Å²) in [6.07, 6.45) is 20.9. The van der Waals surface area contributed by atoms with E-state index in [1.807, 2.05) is 18.9 Å². The van der Waals surface area contributed by atoms with Crippen molar-refractivity contribution in [3.05, 3.63) is 0 Å². The molecule has 11 heteroatoms. The fraction of sp³-hybridized carbons (Fsp3) is 0.909. The van der Waals surface area contributed by atoms with Crippen molar-refractivity contribution in [3.8, 4) is 0 Å². The molecule has 2 unspecified atom stereocenters. The molecular weight excluding hydrogens is 585 g/mol. The number of phosphoric ester groups is 1. The number of ether oxygens (including phenoxy) is 2. The summed E-state index contributed by atoms with van der Waals surface area (Å²) in [7, 11) is -2.51. The molecule has 0 aromatic rings. The predicted octanol–water partition coefficient (Wildman–Crippen LogP) is 7.94. The molecule has 0 fully saturated rings. The number of carbonyl (C=O) groups excluding carboxylic acids is 3. The molecule has 0 heterocycles. The van der Waals surface area contributed by atoms with Crippen molar-refractivity contribution in [2.45, 2.75) is 155 Å². The second-order valence-corrected chi connectivity index (χ2v) is 13.2. The molecule has 0 aliphatic heterocycles. The Labute approximate surface area is 267 Å². The van der Waals surface area contributed by atoms with Crippen LogP contribution in [0.5, 0.6) is 0 Å². The number of esters is 2. The number of phosphoric acid groups is 1. The van der Waals surface area contributed by atoms with Crippen LogP contribution in [0, 0.1) is 0 Å². The van der Waals surface area contributed by atoms with Gasteiger partial charge in [-0.1, -0.05) is 110 Å². The van der Waals surface area contributed by atoms with Crippen LogP contribution < -0.4 is 0 Å². The Bertz CT molecular complexity index is 753. The first-order valence-corrected chi connectivity index (χ1v) is 18.8. The van der Waals surface area contributed by atoms with Crippen molar-refractivity contribution in [3.63, 3.8) is 0 Å². The maximum atomic E-state index is 12.4. The first-order valence-electron chi connectivity index (χ1n) is 17.3. The monoisotopic (exact) mass is 649 g/mol. The molecule has 0 amide bonds. The van der Waals surface area contributed by atoms with Crippen molar-refractivity contribution < 1.29 is 42.4 Å². The standard InChI is InChI=1S/C33H64NO9P/c1-4-6-7-8-9-10-11-12-13-14-15-18-21-24-32(36)40-29-31(30-42-44(38,39)41-28-26-34(3)5-2)43-33(37)25-22-19-16-17-20-23-27-35/h27,31H,4-26,28-30H2,1-3H3,(H,38,39). The van der Waals surface area contributed by atoms with Gasteiger partial charge in [0.25, 0.3) is 0 Å². The van der Waals surface area contributed by atoms with Crippen molar-refractivity contribution in [1.82, 2.24) is 4.90 Å². The highest BCUT2D eigenvalue weighted by Crippen LogP contribution is 2.43. The van der Waals surface area contributed by atoms with E-state index in [1.165, 1.54) is 64.2 Å². The molecule has 0 aliphatic carbocycles. The smallest absolute Gasteiger partial charge is 0.462 e. The normalized spacial score (nSPS) is 13.5. The molecule has 0 radical (unpaired) electrons. The van der Waals surface area contributed by atoms with E-state index in [-0.39, 0.29) is 26.1 Å². The minimum Gasteiger partial charge on any atom is -0.462 e. The van der Waals surface area contributed by atoms with Gasteiger partial charge in [-0.05, 0) is 32.9 Å². The number of nitrogens with zero attached hydrogens (tertiary/aromatic N) is 1. The third kappa shape index (κ3) is 29.4. The fourth-order valence-corrected chi connectivity index (χ4v) is 5.36. The average Bonchev–Trinajstić information content (AvgIpc) is 3.00. The van der Waals surface area contributed by atoms with Gasteiger partial charge in [-0.3, -0.25) is 18.6 Å². The lowest BCUT2D eigenvalue weighted by Crippen LogP contribution is -2.29. The zero-order valence-corrected chi connectivity index (χ0v) is 29.0. The Morgan fingerprint density at radius 2 is 1.23 bits per heavy atom. The highest BCUT2D eigenvalue weighted by molar-refractivity contribution is 7.47. The van der Waals surface area contributed by atoms with Gasteiger partial charge in [-0.25, -0.2) is 4.57 Å². The van der Waals surface area contributed by atoms with E-state index >= 15 is 0 Å². The second kappa shape index (κ2) is 30.3. The third-order valence-corrected chi connectivity index (χ3v) is 8.59. The number of rotatable bonds is 33. The number of likely N-dealkylation sites (N-methyl/N-ethyl adjacent to an activating group) is 1. The summed E-state index contributed by atoms with van der Waals surface area (Å²) >= 11 is 0. The minimum absolute atomic E-state index is 0.00350. The van der Waals surface area contributed by atoms with Gasteiger partial charge in [0.1, 0.15) is 12.9 Å². The van der Waals surface area contributed by atoms with E-state index in [9.17, 15) is 23.8 Å². The van der Waals surface area contributed by atoms with Crippen LogP contribution in [0.15, 0.2) is 0 Å². The summed E-state index contributed by atoms with van der Waals surface area (Å²) in [6.45, 7) is 4.74. The number of hydrogen-bond donors (Lipinski definition) is 1. The van der Waals surface area contributed by atoms with E-state index in [2.05, 4.69) is 6.92 Å². The molecule has 260 valence electrons. The number of hydrogen-bond acceptors (Lipinski definition) is 9. The van der Waals surface area contributed by atoms with Crippen LogP contribution >= 0.6 is 7.82 Å². The zero-order valence-electron chi connectivity index (χ0n) is 28.1. The molecular formula is C33H64NO9P. The highest BCUT2D eigenvalue weighted by atomic mass is 31.2. The van der Waals surface area contributed by atoms with Crippen LogP contribution in [0.1, 0.15) is 149 Å². The molecule has 0 spiro atoms. The van der Waals surface area contributed by atoms with Crippen molar-refractivity contribution in [2.75, 3.05) is 40.0 Å². The third-order valence-electron chi connectivity index (χ3n) is 7.61. The van der Waals surface area contributed by atoms with Gasteiger partial charge in [0, 0.05) is 25.8 Å². The topological polar surface area (TPSA) is 129 Å².